The van der Waals surface area contributed by atoms with Crippen LogP contribution in [0.1, 0.15) is 22.0 Å². The molecule has 0 aliphatic carbocycles. The van der Waals surface area contributed by atoms with Crippen LogP contribution in [0.4, 0.5) is 10.1 Å². The number of halogens is 1. The van der Waals surface area contributed by atoms with Gasteiger partial charge in [0.25, 0.3) is 0 Å². The second-order valence-electron chi connectivity index (χ2n) is 6.36. The van der Waals surface area contributed by atoms with Crippen molar-refractivity contribution in [1.29, 1.82) is 0 Å². The molecule has 2 heterocycles. The maximum atomic E-state index is 13.8. The standard InChI is InChI=1S/C21H19FN2OS/c22-17-8-4-5-9-18(17)23-20(25)14-24-12-10-19-16(11-13-26-19)21(24)15-6-2-1-3-7-15/h1-9,11,13,21H,10,12,14H2,(H,23,25). The van der Waals surface area contributed by atoms with Gasteiger partial charge in [0.2, 0.25) is 5.91 Å². The molecule has 0 bridgehead atoms. The highest BCUT2D eigenvalue weighted by atomic mass is 32.1. The van der Waals surface area contributed by atoms with Crippen LogP contribution in [-0.2, 0) is 11.2 Å². The van der Waals surface area contributed by atoms with E-state index in [1.165, 1.54) is 22.1 Å². The quantitative estimate of drug-likeness (QED) is 0.739. The second-order valence-corrected chi connectivity index (χ2v) is 7.36. The van der Waals surface area contributed by atoms with Crippen LogP contribution in [-0.4, -0.2) is 23.9 Å². The van der Waals surface area contributed by atoms with Gasteiger partial charge in [-0.3, -0.25) is 9.69 Å². The van der Waals surface area contributed by atoms with Gasteiger partial charge in [0.1, 0.15) is 5.82 Å². The number of hydrogen-bond donors (Lipinski definition) is 1. The van der Waals surface area contributed by atoms with Gasteiger partial charge in [0, 0.05) is 11.4 Å². The van der Waals surface area contributed by atoms with Crippen LogP contribution in [0.25, 0.3) is 0 Å². The minimum atomic E-state index is -0.417. The summed E-state index contributed by atoms with van der Waals surface area (Å²) in [5, 5.41) is 4.81. The van der Waals surface area contributed by atoms with E-state index in [2.05, 4.69) is 33.8 Å². The molecule has 3 nitrogen and oxygen atoms in total. The predicted molar refractivity (Wildman–Crippen MR) is 103 cm³/mol. The van der Waals surface area contributed by atoms with Gasteiger partial charge in [-0.25, -0.2) is 4.39 Å². The maximum absolute atomic E-state index is 13.8. The lowest BCUT2D eigenvalue weighted by Gasteiger charge is -2.35. The largest absolute Gasteiger partial charge is 0.322 e. The molecule has 1 aromatic heterocycles. The molecule has 3 aromatic rings. The summed E-state index contributed by atoms with van der Waals surface area (Å²) in [6, 6.07) is 18.7. The van der Waals surface area contributed by atoms with E-state index in [0.29, 0.717) is 0 Å². The number of carbonyl (C=O) groups is 1. The lowest BCUT2D eigenvalue weighted by Crippen LogP contribution is -2.40. The van der Waals surface area contributed by atoms with E-state index < -0.39 is 5.82 Å². The SMILES string of the molecule is O=C(CN1CCc2sccc2C1c1ccccc1)Nc1ccccc1F. The first kappa shape index (κ1) is 16.9. The first-order valence-electron chi connectivity index (χ1n) is 8.62. The third kappa shape index (κ3) is 3.41. The highest BCUT2D eigenvalue weighted by molar-refractivity contribution is 7.10. The molecule has 0 spiro atoms. The first-order chi connectivity index (χ1) is 12.7. The van der Waals surface area contributed by atoms with Gasteiger partial charge in [-0.15, -0.1) is 11.3 Å². The average molecular weight is 366 g/mol. The summed E-state index contributed by atoms with van der Waals surface area (Å²) in [6.45, 7) is 1.03. The number of hydrogen-bond acceptors (Lipinski definition) is 3. The molecule has 0 radical (unpaired) electrons. The van der Waals surface area contributed by atoms with E-state index >= 15 is 0 Å². The van der Waals surface area contributed by atoms with E-state index in [4.69, 9.17) is 0 Å². The number of fused-ring (bicyclic) bond motifs is 1. The molecule has 0 saturated heterocycles. The van der Waals surface area contributed by atoms with Crippen LogP contribution in [0.3, 0.4) is 0 Å². The Labute approximate surface area is 156 Å². The van der Waals surface area contributed by atoms with Gasteiger partial charge >= 0.3 is 0 Å². The Kier molecular flexibility index (Phi) is 4.82. The molecule has 26 heavy (non-hydrogen) atoms. The minimum absolute atomic E-state index is 0.0533. The lowest BCUT2D eigenvalue weighted by atomic mass is 9.93. The van der Waals surface area contributed by atoms with Gasteiger partial charge in [0.15, 0.2) is 0 Å². The molecule has 1 amide bonds. The fraction of sp³-hybridized carbons (Fsp3) is 0.190. The summed E-state index contributed by atoms with van der Waals surface area (Å²) in [5.74, 6) is -0.617. The molecule has 2 aromatic carbocycles. The number of para-hydroxylation sites is 1. The Hall–Kier alpha value is -2.50. The molecular weight excluding hydrogens is 347 g/mol. The predicted octanol–water partition coefficient (Wildman–Crippen LogP) is 4.47. The molecule has 132 valence electrons. The van der Waals surface area contributed by atoms with Crippen LogP contribution in [0.5, 0.6) is 0 Å². The smallest absolute Gasteiger partial charge is 0.238 e. The fourth-order valence-corrected chi connectivity index (χ4v) is 4.40. The van der Waals surface area contributed by atoms with Crippen LogP contribution >= 0.6 is 11.3 Å². The Morgan fingerprint density at radius 2 is 1.88 bits per heavy atom. The summed E-state index contributed by atoms with van der Waals surface area (Å²) in [6.07, 6.45) is 0.934. The third-order valence-corrected chi connectivity index (χ3v) is 5.67. The van der Waals surface area contributed by atoms with Gasteiger partial charge in [-0.1, -0.05) is 42.5 Å². The van der Waals surface area contributed by atoms with Gasteiger partial charge in [-0.05, 0) is 41.1 Å². The summed E-state index contributed by atoms with van der Waals surface area (Å²) in [4.78, 5) is 16.1. The van der Waals surface area contributed by atoms with Crippen molar-refractivity contribution in [3.8, 4) is 0 Å². The number of nitrogens with zero attached hydrogens (tertiary/aromatic N) is 1. The average Bonchev–Trinajstić information content (AvgIpc) is 3.13. The number of anilines is 1. The maximum Gasteiger partial charge on any atom is 0.238 e. The Balaban J connectivity index is 1.57. The van der Waals surface area contributed by atoms with Crippen molar-refractivity contribution < 1.29 is 9.18 Å². The van der Waals surface area contributed by atoms with E-state index in [1.54, 1.807) is 29.5 Å². The third-order valence-electron chi connectivity index (χ3n) is 4.68. The van der Waals surface area contributed by atoms with E-state index in [9.17, 15) is 9.18 Å². The normalized spacial score (nSPS) is 16.9. The number of nitrogens with one attached hydrogen (secondary N) is 1. The highest BCUT2D eigenvalue weighted by Gasteiger charge is 2.30. The van der Waals surface area contributed by atoms with E-state index in [1.807, 2.05) is 18.2 Å². The van der Waals surface area contributed by atoms with Crippen LogP contribution < -0.4 is 5.32 Å². The zero-order valence-electron chi connectivity index (χ0n) is 14.2. The first-order valence-corrected chi connectivity index (χ1v) is 9.50. The molecular formula is C21H19FN2OS. The molecule has 5 heteroatoms. The van der Waals surface area contributed by atoms with Crippen molar-refractivity contribution in [3.05, 3.63) is 87.9 Å². The van der Waals surface area contributed by atoms with Gasteiger partial charge in [0.05, 0.1) is 18.3 Å². The summed E-state index contributed by atoms with van der Waals surface area (Å²) < 4.78 is 13.8. The number of carbonyl (C=O) groups excluding carboxylic acids is 1. The van der Waals surface area contributed by atoms with Crippen LogP contribution in [0.15, 0.2) is 66.0 Å². The molecule has 1 unspecified atom stereocenters. The molecule has 1 aliphatic heterocycles. The monoisotopic (exact) mass is 366 g/mol. The van der Waals surface area contributed by atoms with Crippen molar-refractivity contribution in [2.24, 2.45) is 0 Å². The van der Waals surface area contributed by atoms with Gasteiger partial charge < -0.3 is 5.32 Å². The zero-order chi connectivity index (χ0) is 17.9. The molecule has 1 atom stereocenters. The van der Waals surface area contributed by atoms with Crippen molar-refractivity contribution in [1.82, 2.24) is 4.90 Å². The van der Waals surface area contributed by atoms with Gasteiger partial charge in [-0.2, -0.15) is 0 Å². The Bertz CT molecular complexity index is 909. The molecule has 1 N–H and O–H groups in total. The molecule has 0 saturated carbocycles. The summed E-state index contributed by atoms with van der Waals surface area (Å²) in [7, 11) is 0. The number of amides is 1. The van der Waals surface area contributed by atoms with Crippen molar-refractivity contribution in [2.75, 3.05) is 18.4 Å². The van der Waals surface area contributed by atoms with Crippen LogP contribution in [0, 0.1) is 5.82 Å². The zero-order valence-corrected chi connectivity index (χ0v) is 15.0. The van der Waals surface area contributed by atoms with Crippen molar-refractivity contribution in [3.63, 3.8) is 0 Å². The topological polar surface area (TPSA) is 32.3 Å². The number of thiophene rings is 1. The molecule has 0 fully saturated rings. The second kappa shape index (κ2) is 7.40. The van der Waals surface area contributed by atoms with Crippen LogP contribution in [0.2, 0.25) is 0 Å². The number of rotatable bonds is 4. The van der Waals surface area contributed by atoms with Crippen molar-refractivity contribution >= 4 is 22.9 Å². The van der Waals surface area contributed by atoms with E-state index in [0.717, 1.165) is 13.0 Å². The van der Waals surface area contributed by atoms with Crippen molar-refractivity contribution in [2.45, 2.75) is 12.5 Å². The highest BCUT2D eigenvalue weighted by Crippen LogP contribution is 2.37. The van der Waals surface area contributed by atoms with E-state index in [-0.39, 0.29) is 24.2 Å². The molecule has 1 aliphatic rings. The number of benzene rings is 2. The fourth-order valence-electron chi connectivity index (χ4n) is 3.50. The Morgan fingerprint density at radius 3 is 2.69 bits per heavy atom. The summed E-state index contributed by atoms with van der Waals surface area (Å²) >= 11 is 1.77. The summed E-state index contributed by atoms with van der Waals surface area (Å²) in [5.41, 5.74) is 2.67. The Morgan fingerprint density at radius 1 is 1.12 bits per heavy atom. The minimum Gasteiger partial charge on any atom is -0.322 e. The lowest BCUT2D eigenvalue weighted by molar-refractivity contribution is -0.117. The molecule has 4 rings (SSSR count).